The molecule has 0 radical (unpaired) electrons. The molecule has 2 unspecified atom stereocenters. The number of aryl methyl sites for hydroxylation is 2. The number of hydrogen-bond acceptors (Lipinski definition) is 7. The maximum Gasteiger partial charge on any atom is 0.312 e. The number of aromatic amines is 1. The summed E-state index contributed by atoms with van der Waals surface area (Å²) >= 11 is 0. The lowest BCUT2D eigenvalue weighted by Gasteiger charge is -2.32. The van der Waals surface area contributed by atoms with E-state index in [1.807, 2.05) is 14.0 Å². The van der Waals surface area contributed by atoms with Crippen LogP contribution in [-0.2, 0) is 13.5 Å². The lowest BCUT2D eigenvalue weighted by molar-refractivity contribution is 0.0646. The van der Waals surface area contributed by atoms with Crippen LogP contribution in [0, 0.1) is 6.92 Å². The van der Waals surface area contributed by atoms with Crippen LogP contribution in [0.2, 0.25) is 0 Å². The Balaban J connectivity index is 1.41. The molecule has 0 aromatic carbocycles. The maximum absolute atomic E-state index is 14.2. The predicted octanol–water partition coefficient (Wildman–Crippen LogP) is 2.78. The molecule has 0 spiro atoms. The number of pyridine rings is 1. The standard InChI is InChI=1S/C22H21FN9O2P/c1-11-8-15(28-30(11)2)20-26-27-21(34-20)22(33)31-7-5-13-17(25-10-24-13)18(31)14-9-16-12(19(23)35)4-3-6-32(16)29-14/h3-4,6,8-10,18-19H,5,7,35H2,1-2H3,(H,24,25)/t18-,19?/m1/s1. The summed E-state index contributed by atoms with van der Waals surface area (Å²) in [6.07, 6.45) is 3.92. The summed E-state index contributed by atoms with van der Waals surface area (Å²) in [6, 6.07) is 6.43. The van der Waals surface area contributed by atoms with Gasteiger partial charge < -0.3 is 14.3 Å². The van der Waals surface area contributed by atoms with Crippen molar-refractivity contribution in [2.75, 3.05) is 6.54 Å². The first kappa shape index (κ1) is 21.6. The second kappa shape index (κ2) is 8.09. The molecule has 1 aliphatic heterocycles. The topological polar surface area (TPSA) is 123 Å². The van der Waals surface area contributed by atoms with Gasteiger partial charge in [-0.15, -0.1) is 10.2 Å². The van der Waals surface area contributed by atoms with E-state index in [-0.39, 0.29) is 11.8 Å². The Morgan fingerprint density at radius 2 is 2.17 bits per heavy atom. The van der Waals surface area contributed by atoms with E-state index in [0.717, 1.165) is 11.4 Å². The Morgan fingerprint density at radius 3 is 2.94 bits per heavy atom. The van der Waals surface area contributed by atoms with Gasteiger partial charge in [-0.1, -0.05) is 15.3 Å². The van der Waals surface area contributed by atoms with Gasteiger partial charge in [0, 0.05) is 43.2 Å². The summed E-state index contributed by atoms with van der Waals surface area (Å²) < 4.78 is 23.2. The molecule has 0 saturated carbocycles. The number of H-pyrrole nitrogens is 1. The second-order valence-corrected chi connectivity index (χ2v) is 8.97. The van der Waals surface area contributed by atoms with Crippen LogP contribution in [0.4, 0.5) is 4.39 Å². The number of nitrogens with zero attached hydrogens (tertiary/aromatic N) is 8. The highest BCUT2D eigenvalue weighted by molar-refractivity contribution is 7.16. The van der Waals surface area contributed by atoms with E-state index in [1.54, 1.807) is 50.9 Å². The fraction of sp³-hybridized carbons (Fsp3) is 0.273. The first-order valence-corrected chi connectivity index (χ1v) is 11.6. The summed E-state index contributed by atoms with van der Waals surface area (Å²) in [7, 11) is 3.97. The van der Waals surface area contributed by atoms with Gasteiger partial charge in [0.1, 0.15) is 17.6 Å². The lowest BCUT2D eigenvalue weighted by atomic mass is 9.99. The quantitative estimate of drug-likeness (QED) is 0.382. The van der Waals surface area contributed by atoms with Crippen molar-refractivity contribution in [3.8, 4) is 11.6 Å². The Morgan fingerprint density at radius 1 is 1.31 bits per heavy atom. The van der Waals surface area contributed by atoms with Crippen LogP contribution in [0.15, 0.2) is 41.2 Å². The van der Waals surface area contributed by atoms with Crippen molar-refractivity contribution in [3.63, 3.8) is 0 Å². The van der Waals surface area contributed by atoms with Gasteiger partial charge >= 0.3 is 11.8 Å². The molecular weight excluding hydrogens is 472 g/mol. The van der Waals surface area contributed by atoms with Crippen LogP contribution in [-0.4, -0.2) is 56.9 Å². The molecule has 0 fully saturated rings. The fourth-order valence-electron chi connectivity index (χ4n) is 4.42. The van der Waals surface area contributed by atoms with Gasteiger partial charge in [0.2, 0.25) is 0 Å². The van der Waals surface area contributed by atoms with E-state index in [2.05, 4.69) is 39.6 Å². The van der Waals surface area contributed by atoms with E-state index >= 15 is 0 Å². The first-order chi connectivity index (χ1) is 16.9. The number of carbonyl (C=O) groups is 1. The van der Waals surface area contributed by atoms with Crippen LogP contribution in [0.5, 0.6) is 0 Å². The Bertz CT molecular complexity index is 1550. The van der Waals surface area contributed by atoms with E-state index in [9.17, 15) is 9.18 Å². The lowest BCUT2D eigenvalue weighted by Crippen LogP contribution is -2.41. The van der Waals surface area contributed by atoms with Crippen molar-refractivity contribution in [2.45, 2.75) is 25.3 Å². The normalized spacial score (nSPS) is 16.6. The van der Waals surface area contributed by atoms with E-state index < -0.39 is 17.9 Å². The third kappa shape index (κ3) is 3.52. The van der Waals surface area contributed by atoms with Gasteiger partial charge in [-0.25, -0.2) is 13.9 Å². The largest absolute Gasteiger partial charge is 0.411 e. The Labute approximate surface area is 200 Å². The number of aromatic nitrogens is 8. The van der Waals surface area contributed by atoms with E-state index in [1.165, 1.54) is 0 Å². The van der Waals surface area contributed by atoms with Crippen molar-refractivity contribution in [2.24, 2.45) is 7.05 Å². The van der Waals surface area contributed by atoms with E-state index in [0.29, 0.717) is 41.1 Å². The SMILES string of the molecule is Cc1cc(-c2nnc(C(=O)N3CCc4[nH]cnc4[C@H]3c3cc4c(C(F)P)cccn4n3)o2)nn1C. The first-order valence-electron chi connectivity index (χ1n) is 11.0. The highest BCUT2D eigenvalue weighted by Crippen LogP contribution is 2.36. The zero-order valence-electron chi connectivity index (χ0n) is 18.9. The third-order valence-electron chi connectivity index (χ3n) is 6.26. The average Bonchev–Trinajstić information content (AvgIpc) is 3.63. The number of halogens is 1. The Hall–Kier alpha value is -3.92. The number of imidazole rings is 1. The molecule has 13 heteroatoms. The highest BCUT2D eigenvalue weighted by atomic mass is 31.0. The van der Waals surface area contributed by atoms with Gasteiger partial charge in [-0.3, -0.25) is 9.48 Å². The number of nitrogens with one attached hydrogen (secondary N) is 1. The molecule has 11 nitrogen and oxygen atoms in total. The van der Waals surface area contributed by atoms with Crippen molar-refractivity contribution >= 4 is 20.7 Å². The molecule has 1 amide bonds. The minimum atomic E-state index is -1.25. The maximum atomic E-state index is 14.2. The summed E-state index contributed by atoms with van der Waals surface area (Å²) in [5.74, 6) is -1.68. The molecule has 3 atom stereocenters. The minimum Gasteiger partial charge on any atom is -0.411 e. The number of hydrogen-bond donors (Lipinski definition) is 1. The van der Waals surface area contributed by atoms with Crippen LogP contribution in [0.25, 0.3) is 17.1 Å². The molecule has 6 rings (SSSR count). The molecule has 0 saturated heterocycles. The van der Waals surface area contributed by atoms with Gasteiger partial charge in [-0.05, 0) is 25.1 Å². The van der Waals surface area contributed by atoms with Crippen molar-refractivity contribution in [1.29, 1.82) is 0 Å². The van der Waals surface area contributed by atoms with Crippen molar-refractivity contribution < 1.29 is 13.6 Å². The molecule has 1 aliphatic rings. The van der Waals surface area contributed by atoms with Gasteiger partial charge in [0.25, 0.3) is 5.89 Å². The fourth-order valence-corrected chi connectivity index (χ4v) is 4.70. The molecule has 178 valence electrons. The molecular formula is C22H21FN9O2P. The van der Waals surface area contributed by atoms with Crippen LogP contribution < -0.4 is 0 Å². The number of alkyl halides is 1. The second-order valence-electron chi connectivity index (χ2n) is 8.39. The van der Waals surface area contributed by atoms with Gasteiger partial charge in [0.15, 0.2) is 0 Å². The number of fused-ring (bicyclic) bond motifs is 2. The third-order valence-corrected chi connectivity index (χ3v) is 6.62. The van der Waals surface area contributed by atoms with Gasteiger partial charge in [0.05, 0.1) is 23.2 Å². The van der Waals surface area contributed by atoms with Crippen molar-refractivity contribution in [3.05, 3.63) is 71.0 Å². The monoisotopic (exact) mass is 493 g/mol. The summed E-state index contributed by atoms with van der Waals surface area (Å²) in [4.78, 5) is 22.8. The minimum absolute atomic E-state index is 0.148. The molecule has 5 aromatic heterocycles. The highest BCUT2D eigenvalue weighted by Gasteiger charge is 2.38. The van der Waals surface area contributed by atoms with E-state index in [4.69, 9.17) is 4.42 Å². The summed E-state index contributed by atoms with van der Waals surface area (Å²) in [5, 5.41) is 17.0. The van der Waals surface area contributed by atoms with Crippen LogP contribution in [0.3, 0.4) is 0 Å². The molecule has 1 N–H and O–H groups in total. The molecule has 5 aromatic rings. The number of amides is 1. The Kier molecular flexibility index (Phi) is 4.99. The zero-order valence-corrected chi connectivity index (χ0v) is 20.0. The average molecular weight is 493 g/mol. The molecule has 35 heavy (non-hydrogen) atoms. The molecule has 0 aliphatic carbocycles. The van der Waals surface area contributed by atoms with Crippen LogP contribution in [0.1, 0.15) is 51.0 Å². The van der Waals surface area contributed by atoms with Crippen molar-refractivity contribution in [1.82, 2.24) is 44.5 Å². The number of rotatable bonds is 4. The summed E-state index contributed by atoms with van der Waals surface area (Å²) in [5.41, 5.74) is 4.67. The molecule has 6 heterocycles. The zero-order chi connectivity index (χ0) is 24.3. The van der Waals surface area contributed by atoms with Gasteiger partial charge in [-0.2, -0.15) is 10.2 Å². The smallest absolute Gasteiger partial charge is 0.312 e. The summed E-state index contributed by atoms with van der Waals surface area (Å²) in [6.45, 7) is 2.29. The predicted molar refractivity (Wildman–Crippen MR) is 125 cm³/mol. The number of carbonyl (C=O) groups excluding carboxylic acids is 1. The van der Waals surface area contributed by atoms with Crippen LogP contribution >= 0.6 is 9.24 Å². The molecule has 0 bridgehead atoms.